The molecule has 0 atom stereocenters. The van der Waals surface area contributed by atoms with Crippen LogP contribution in [-0.2, 0) is 0 Å². The number of H-pyrrole nitrogens is 1. The van der Waals surface area contributed by atoms with Gasteiger partial charge in [-0.15, -0.1) is 0 Å². The predicted octanol–water partition coefficient (Wildman–Crippen LogP) is 3.41. The van der Waals surface area contributed by atoms with Crippen molar-refractivity contribution in [1.82, 2.24) is 9.97 Å². The van der Waals surface area contributed by atoms with Crippen LogP contribution in [0.25, 0.3) is 22.4 Å². The van der Waals surface area contributed by atoms with Gasteiger partial charge in [0, 0.05) is 6.07 Å². The van der Waals surface area contributed by atoms with E-state index in [9.17, 15) is 8.78 Å². The second-order valence-corrected chi connectivity index (χ2v) is 3.76. The van der Waals surface area contributed by atoms with Gasteiger partial charge in [0.2, 0.25) is 0 Å². The van der Waals surface area contributed by atoms with Crippen molar-refractivity contribution in [2.75, 3.05) is 0 Å². The summed E-state index contributed by atoms with van der Waals surface area (Å²) in [4.78, 5) is 6.97. The lowest BCUT2D eigenvalue weighted by Crippen LogP contribution is -1.81. The summed E-state index contributed by atoms with van der Waals surface area (Å²) in [5.74, 6) is -0.168. The van der Waals surface area contributed by atoms with Crippen molar-refractivity contribution in [3.05, 3.63) is 41.9 Å². The van der Waals surface area contributed by atoms with Crippen molar-refractivity contribution in [2.45, 2.75) is 6.92 Å². The van der Waals surface area contributed by atoms with E-state index in [0.717, 1.165) is 11.6 Å². The third kappa shape index (κ3) is 1.51. The molecule has 0 spiro atoms. The molecule has 3 nitrogen and oxygen atoms in total. The maximum atomic E-state index is 13.5. The van der Waals surface area contributed by atoms with Crippen molar-refractivity contribution in [3.63, 3.8) is 0 Å². The van der Waals surface area contributed by atoms with E-state index in [1.54, 1.807) is 13.0 Å². The van der Waals surface area contributed by atoms with Crippen LogP contribution in [0.2, 0.25) is 0 Å². The Morgan fingerprint density at radius 1 is 1.29 bits per heavy atom. The summed E-state index contributed by atoms with van der Waals surface area (Å²) in [5.41, 5.74) is 1.20. The van der Waals surface area contributed by atoms with Gasteiger partial charge in [-0.25, -0.2) is 13.8 Å². The van der Waals surface area contributed by atoms with Crippen molar-refractivity contribution < 1.29 is 13.2 Å². The lowest BCUT2D eigenvalue weighted by atomic mass is 10.2. The molecule has 0 radical (unpaired) electrons. The first kappa shape index (κ1) is 10.0. The number of hydrogen-bond donors (Lipinski definition) is 1. The van der Waals surface area contributed by atoms with E-state index in [-0.39, 0.29) is 5.52 Å². The van der Waals surface area contributed by atoms with E-state index in [1.165, 1.54) is 12.3 Å². The minimum Gasteiger partial charge on any atom is -0.469 e. The van der Waals surface area contributed by atoms with Crippen molar-refractivity contribution in [3.8, 4) is 11.4 Å². The smallest absolute Gasteiger partial charge is 0.153 e. The fraction of sp³-hybridized carbons (Fsp3) is 0.0833. The average Bonchev–Trinajstić information content (AvgIpc) is 2.83. The minimum atomic E-state index is -0.677. The zero-order chi connectivity index (χ0) is 12.0. The van der Waals surface area contributed by atoms with Crippen LogP contribution in [0.15, 0.2) is 28.9 Å². The molecular formula is C12H8F2N2O. The SMILES string of the molecule is Cc1occc1-c1nc2c(F)cc(F)cc2[nH]1. The summed E-state index contributed by atoms with van der Waals surface area (Å²) >= 11 is 0. The number of benzene rings is 1. The molecule has 0 aliphatic heterocycles. The van der Waals surface area contributed by atoms with Gasteiger partial charge in [0.1, 0.15) is 22.9 Å². The van der Waals surface area contributed by atoms with E-state index >= 15 is 0 Å². The molecule has 0 saturated heterocycles. The highest BCUT2D eigenvalue weighted by molar-refractivity contribution is 5.80. The molecule has 1 aromatic carbocycles. The molecule has 0 unspecified atom stereocenters. The molecule has 0 fully saturated rings. The van der Waals surface area contributed by atoms with E-state index < -0.39 is 11.6 Å². The molecule has 0 aliphatic carbocycles. The molecule has 2 aromatic heterocycles. The number of aromatic nitrogens is 2. The number of rotatable bonds is 1. The van der Waals surface area contributed by atoms with Crippen LogP contribution in [-0.4, -0.2) is 9.97 Å². The number of fused-ring (bicyclic) bond motifs is 1. The van der Waals surface area contributed by atoms with Crippen molar-refractivity contribution >= 4 is 11.0 Å². The third-order valence-electron chi connectivity index (χ3n) is 2.62. The lowest BCUT2D eigenvalue weighted by Gasteiger charge is -1.90. The zero-order valence-corrected chi connectivity index (χ0v) is 8.92. The summed E-state index contributed by atoms with van der Waals surface area (Å²) in [7, 11) is 0. The largest absolute Gasteiger partial charge is 0.469 e. The van der Waals surface area contributed by atoms with Crippen LogP contribution in [0.5, 0.6) is 0 Å². The van der Waals surface area contributed by atoms with Crippen LogP contribution < -0.4 is 0 Å². The van der Waals surface area contributed by atoms with E-state index in [0.29, 0.717) is 17.1 Å². The second kappa shape index (κ2) is 3.41. The first-order valence-electron chi connectivity index (χ1n) is 5.04. The first-order valence-corrected chi connectivity index (χ1v) is 5.04. The Morgan fingerprint density at radius 3 is 2.82 bits per heavy atom. The highest BCUT2D eigenvalue weighted by Gasteiger charge is 2.13. The molecule has 2 heterocycles. The summed E-state index contributed by atoms with van der Waals surface area (Å²) in [6.45, 7) is 1.78. The van der Waals surface area contributed by atoms with Gasteiger partial charge in [0.05, 0.1) is 17.3 Å². The number of imidazole rings is 1. The highest BCUT2D eigenvalue weighted by atomic mass is 19.1. The Kier molecular flexibility index (Phi) is 2.01. The molecule has 0 saturated carbocycles. The molecule has 0 bridgehead atoms. The average molecular weight is 234 g/mol. The van der Waals surface area contributed by atoms with Gasteiger partial charge in [-0.1, -0.05) is 0 Å². The molecule has 17 heavy (non-hydrogen) atoms. The van der Waals surface area contributed by atoms with Gasteiger partial charge in [-0.2, -0.15) is 0 Å². The van der Waals surface area contributed by atoms with Crippen LogP contribution in [0.3, 0.4) is 0 Å². The number of hydrogen-bond acceptors (Lipinski definition) is 2. The van der Waals surface area contributed by atoms with Crippen LogP contribution in [0, 0.1) is 18.6 Å². The zero-order valence-electron chi connectivity index (χ0n) is 8.92. The van der Waals surface area contributed by atoms with Gasteiger partial charge >= 0.3 is 0 Å². The summed E-state index contributed by atoms with van der Waals surface area (Å²) in [5, 5.41) is 0. The van der Waals surface area contributed by atoms with Gasteiger partial charge in [-0.3, -0.25) is 0 Å². The second-order valence-electron chi connectivity index (χ2n) is 3.76. The number of aromatic amines is 1. The number of nitrogens with zero attached hydrogens (tertiary/aromatic N) is 1. The Bertz CT molecular complexity index is 700. The molecule has 3 rings (SSSR count). The van der Waals surface area contributed by atoms with Crippen LogP contribution in [0.4, 0.5) is 8.78 Å². The maximum absolute atomic E-state index is 13.5. The fourth-order valence-electron chi connectivity index (χ4n) is 1.80. The fourth-order valence-corrected chi connectivity index (χ4v) is 1.80. The maximum Gasteiger partial charge on any atom is 0.153 e. The van der Waals surface area contributed by atoms with Crippen molar-refractivity contribution in [2.24, 2.45) is 0 Å². The number of aryl methyl sites for hydroxylation is 1. The number of furan rings is 1. The van der Waals surface area contributed by atoms with Crippen LogP contribution >= 0.6 is 0 Å². The molecular weight excluding hydrogens is 226 g/mol. The molecule has 5 heteroatoms. The van der Waals surface area contributed by atoms with Gasteiger partial charge in [0.15, 0.2) is 5.82 Å². The molecule has 1 N–H and O–H groups in total. The molecule has 86 valence electrons. The molecule has 3 aromatic rings. The van der Waals surface area contributed by atoms with E-state index in [2.05, 4.69) is 9.97 Å². The summed E-state index contributed by atoms with van der Waals surface area (Å²) in [6.07, 6.45) is 1.52. The van der Waals surface area contributed by atoms with Crippen molar-refractivity contribution in [1.29, 1.82) is 0 Å². The van der Waals surface area contributed by atoms with Gasteiger partial charge in [0.25, 0.3) is 0 Å². The third-order valence-corrected chi connectivity index (χ3v) is 2.62. The Morgan fingerprint density at radius 2 is 2.12 bits per heavy atom. The monoisotopic (exact) mass is 234 g/mol. The standard InChI is InChI=1S/C12H8F2N2O/c1-6-8(2-3-17-6)12-15-10-5-7(13)4-9(14)11(10)16-12/h2-5H,1H3,(H,15,16). The van der Waals surface area contributed by atoms with Gasteiger partial charge < -0.3 is 9.40 Å². The topological polar surface area (TPSA) is 41.8 Å². The first-order chi connectivity index (χ1) is 8.15. The van der Waals surface area contributed by atoms with E-state index in [4.69, 9.17) is 4.42 Å². The number of nitrogens with one attached hydrogen (secondary N) is 1. The van der Waals surface area contributed by atoms with Crippen LogP contribution in [0.1, 0.15) is 5.76 Å². The highest BCUT2D eigenvalue weighted by Crippen LogP contribution is 2.25. The predicted molar refractivity (Wildman–Crippen MR) is 58.4 cm³/mol. The lowest BCUT2D eigenvalue weighted by molar-refractivity contribution is 0.535. The number of halogens is 2. The minimum absolute atomic E-state index is 0.127. The normalized spacial score (nSPS) is 11.2. The Hall–Kier alpha value is -2.17. The summed E-state index contributed by atoms with van der Waals surface area (Å²) in [6, 6.07) is 3.75. The Balaban J connectivity index is 2.27. The molecule has 0 amide bonds. The van der Waals surface area contributed by atoms with E-state index in [1.807, 2.05) is 0 Å². The Labute approximate surface area is 95.1 Å². The quantitative estimate of drug-likeness (QED) is 0.701. The summed E-state index contributed by atoms with van der Waals surface area (Å²) < 4.78 is 31.6. The van der Waals surface area contributed by atoms with Gasteiger partial charge in [-0.05, 0) is 19.1 Å². The molecule has 0 aliphatic rings.